The molecule has 1 aliphatic rings. The number of amides is 2. The van der Waals surface area contributed by atoms with Crippen LogP contribution in [0.1, 0.15) is 68.1 Å². The zero-order valence-electron chi connectivity index (χ0n) is 21.2. The molecule has 3 N–H and O–H groups in total. The van der Waals surface area contributed by atoms with Crippen LogP contribution in [0.4, 0.5) is 5.69 Å². The fourth-order valence-electron chi connectivity index (χ4n) is 4.20. The number of halogens is 1. The Morgan fingerprint density at radius 1 is 1.31 bits per heavy atom. The Labute approximate surface area is 212 Å². The zero-order chi connectivity index (χ0) is 25.9. The van der Waals surface area contributed by atoms with Gasteiger partial charge in [-0.05, 0) is 36.5 Å². The third-order valence-corrected chi connectivity index (χ3v) is 6.52. The number of benzene rings is 1. The highest BCUT2D eigenvalue weighted by Gasteiger charge is 2.32. The van der Waals surface area contributed by atoms with Gasteiger partial charge in [0.25, 0.3) is 5.91 Å². The largest absolute Gasteiger partial charge is 0.506 e. The summed E-state index contributed by atoms with van der Waals surface area (Å²) in [7, 11) is 0. The Kier molecular flexibility index (Phi) is 8.15. The molecule has 1 aromatic heterocycles. The second-order valence-electron chi connectivity index (χ2n) is 10.0. The molecular weight excluding hydrogens is 466 g/mol. The number of hydrogen-bond acceptors (Lipinski definition) is 5. The SMILES string of the molecule is C=CC(=O)N1CC(NC(=O)c2c(C)nc(CNc3cc(C(C)(C)C)c(Cl)cc3O)n2CCCC)C1. The monoisotopic (exact) mass is 501 g/mol. The van der Waals surface area contributed by atoms with E-state index in [9.17, 15) is 14.7 Å². The number of likely N-dealkylation sites (tertiary alicyclic amines) is 1. The van der Waals surface area contributed by atoms with Gasteiger partial charge < -0.3 is 25.2 Å². The third kappa shape index (κ3) is 5.99. The number of unbranched alkanes of at least 4 members (excludes halogenated alkanes) is 1. The first-order valence-corrected chi connectivity index (χ1v) is 12.4. The summed E-state index contributed by atoms with van der Waals surface area (Å²) in [4.78, 5) is 31.2. The summed E-state index contributed by atoms with van der Waals surface area (Å²) >= 11 is 6.36. The highest BCUT2D eigenvalue weighted by Crippen LogP contribution is 2.37. The van der Waals surface area contributed by atoms with Crippen LogP contribution in [0.5, 0.6) is 5.75 Å². The number of aromatic hydroxyl groups is 1. The first-order chi connectivity index (χ1) is 16.5. The number of phenols is 1. The number of aryl methyl sites for hydroxylation is 1. The summed E-state index contributed by atoms with van der Waals surface area (Å²) in [5, 5.41) is 17.3. The number of imidazole rings is 1. The lowest BCUT2D eigenvalue weighted by Gasteiger charge is -2.38. The fourth-order valence-corrected chi connectivity index (χ4v) is 4.64. The van der Waals surface area contributed by atoms with Gasteiger partial charge in [-0.3, -0.25) is 9.59 Å². The van der Waals surface area contributed by atoms with Crippen molar-refractivity contribution in [2.24, 2.45) is 0 Å². The number of carbonyl (C=O) groups excluding carboxylic acids is 2. The van der Waals surface area contributed by atoms with Crippen LogP contribution in [0.3, 0.4) is 0 Å². The second-order valence-corrected chi connectivity index (χ2v) is 10.4. The number of phenolic OH excluding ortho intramolecular Hbond substituents is 1. The van der Waals surface area contributed by atoms with E-state index in [4.69, 9.17) is 11.6 Å². The summed E-state index contributed by atoms with van der Waals surface area (Å²) in [6, 6.07) is 3.32. The van der Waals surface area contributed by atoms with Crippen molar-refractivity contribution in [3.63, 3.8) is 0 Å². The molecule has 8 nitrogen and oxygen atoms in total. The Hall–Kier alpha value is -3.00. The maximum Gasteiger partial charge on any atom is 0.270 e. The molecule has 0 radical (unpaired) electrons. The van der Waals surface area contributed by atoms with Crippen LogP contribution >= 0.6 is 11.6 Å². The van der Waals surface area contributed by atoms with E-state index < -0.39 is 0 Å². The molecular formula is C26H36ClN5O3. The minimum Gasteiger partial charge on any atom is -0.506 e. The van der Waals surface area contributed by atoms with Crippen molar-refractivity contribution in [2.75, 3.05) is 18.4 Å². The summed E-state index contributed by atoms with van der Waals surface area (Å²) in [6.07, 6.45) is 3.15. The Morgan fingerprint density at radius 2 is 2.00 bits per heavy atom. The van der Waals surface area contributed by atoms with E-state index in [0.29, 0.717) is 54.1 Å². The first-order valence-electron chi connectivity index (χ1n) is 12.0. The molecule has 0 bridgehead atoms. The molecule has 2 heterocycles. The maximum atomic E-state index is 13.2. The summed E-state index contributed by atoms with van der Waals surface area (Å²) in [5.74, 6) is 0.448. The van der Waals surface area contributed by atoms with Gasteiger partial charge in [-0.15, -0.1) is 0 Å². The van der Waals surface area contributed by atoms with Gasteiger partial charge >= 0.3 is 0 Å². The number of nitrogens with one attached hydrogen (secondary N) is 2. The van der Waals surface area contributed by atoms with Gasteiger partial charge in [0.05, 0.1) is 24.0 Å². The molecule has 35 heavy (non-hydrogen) atoms. The summed E-state index contributed by atoms with van der Waals surface area (Å²) in [6.45, 7) is 15.6. The topological polar surface area (TPSA) is 99.5 Å². The minimum absolute atomic E-state index is 0.0629. The van der Waals surface area contributed by atoms with Gasteiger partial charge in [0, 0.05) is 30.7 Å². The second kappa shape index (κ2) is 10.7. The highest BCUT2D eigenvalue weighted by atomic mass is 35.5. The van der Waals surface area contributed by atoms with Crippen LogP contribution < -0.4 is 10.6 Å². The standard InChI is InChI=1S/C26H36ClN5O3/c1-7-9-10-32-22(13-28-20-11-18(26(4,5)6)19(27)12-21(20)33)29-16(3)24(32)25(35)30-17-14-31(15-17)23(34)8-2/h8,11-12,17,28,33H,2,7,9-10,13-15H2,1,3-6H3,(H,30,35). The maximum absolute atomic E-state index is 13.2. The van der Waals surface area contributed by atoms with Crippen molar-refractivity contribution in [2.45, 2.75) is 72.0 Å². The predicted molar refractivity (Wildman–Crippen MR) is 139 cm³/mol. The van der Waals surface area contributed by atoms with Crippen molar-refractivity contribution < 1.29 is 14.7 Å². The van der Waals surface area contributed by atoms with Crippen LogP contribution in [0.25, 0.3) is 0 Å². The van der Waals surface area contributed by atoms with E-state index in [1.807, 2.05) is 17.6 Å². The summed E-state index contributed by atoms with van der Waals surface area (Å²) < 4.78 is 1.95. The van der Waals surface area contributed by atoms with Gasteiger partial charge in [-0.25, -0.2) is 4.98 Å². The van der Waals surface area contributed by atoms with Crippen LogP contribution in [0.2, 0.25) is 5.02 Å². The van der Waals surface area contributed by atoms with E-state index in [1.165, 1.54) is 6.08 Å². The molecule has 0 atom stereocenters. The molecule has 0 unspecified atom stereocenters. The quantitative estimate of drug-likeness (QED) is 0.349. The molecule has 0 aliphatic carbocycles. The number of aromatic nitrogens is 2. The van der Waals surface area contributed by atoms with Gasteiger partial charge in [0.2, 0.25) is 5.91 Å². The summed E-state index contributed by atoms with van der Waals surface area (Å²) in [5.41, 5.74) is 2.48. The lowest BCUT2D eigenvalue weighted by atomic mass is 9.86. The molecule has 1 aromatic carbocycles. The van der Waals surface area contributed by atoms with Crippen molar-refractivity contribution in [3.05, 3.63) is 52.6 Å². The Balaban J connectivity index is 1.80. The fraction of sp³-hybridized carbons (Fsp3) is 0.500. The highest BCUT2D eigenvalue weighted by molar-refractivity contribution is 6.31. The van der Waals surface area contributed by atoms with Crippen molar-refractivity contribution >= 4 is 29.1 Å². The van der Waals surface area contributed by atoms with Crippen molar-refractivity contribution in [1.82, 2.24) is 19.8 Å². The normalized spacial score (nSPS) is 13.9. The smallest absolute Gasteiger partial charge is 0.270 e. The Bertz CT molecular complexity index is 1110. The zero-order valence-corrected chi connectivity index (χ0v) is 22.0. The molecule has 2 amide bonds. The van der Waals surface area contributed by atoms with E-state index in [0.717, 1.165) is 18.4 Å². The average Bonchev–Trinajstić information content (AvgIpc) is 3.07. The van der Waals surface area contributed by atoms with Crippen molar-refractivity contribution in [1.29, 1.82) is 0 Å². The molecule has 0 spiro atoms. The number of carbonyl (C=O) groups is 2. The Morgan fingerprint density at radius 3 is 2.60 bits per heavy atom. The molecule has 190 valence electrons. The molecule has 2 aromatic rings. The van der Waals surface area contributed by atoms with Gasteiger partial charge in [0.1, 0.15) is 17.3 Å². The molecule has 1 fully saturated rings. The van der Waals surface area contributed by atoms with Crippen molar-refractivity contribution in [3.8, 4) is 5.75 Å². The molecule has 0 saturated carbocycles. The molecule has 9 heteroatoms. The average molecular weight is 502 g/mol. The number of hydrogen-bond donors (Lipinski definition) is 3. The van der Waals surface area contributed by atoms with Crippen LogP contribution in [0.15, 0.2) is 24.8 Å². The number of anilines is 1. The van der Waals surface area contributed by atoms with E-state index in [-0.39, 0.29) is 29.0 Å². The number of rotatable bonds is 9. The lowest BCUT2D eigenvalue weighted by molar-refractivity contribution is -0.130. The lowest BCUT2D eigenvalue weighted by Crippen LogP contribution is -2.60. The third-order valence-electron chi connectivity index (χ3n) is 6.20. The minimum atomic E-state index is -0.197. The molecule has 1 aliphatic heterocycles. The molecule has 1 saturated heterocycles. The molecule has 3 rings (SSSR count). The van der Waals surface area contributed by atoms with Crippen LogP contribution in [0, 0.1) is 6.92 Å². The van der Waals surface area contributed by atoms with E-state index in [1.54, 1.807) is 11.0 Å². The van der Waals surface area contributed by atoms with Crippen LogP contribution in [-0.2, 0) is 23.3 Å². The van der Waals surface area contributed by atoms with E-state index in [2.05, 4.69) is 49.9 Å². The predicted octanol–water partition coefficient (Wildman–Crippen LogP) is 4.39. The van der Waals surface area contributed by atoms with Crippen LogP contribution in [-0.4, -0.2) is 50.5 Å². The first kappa shape index (κ1) is 26.6. The van der Waals surface area contributed by atoms with Gasteiger partial charge in [0.15, 0.2) is 0 Å². The van der Waals surface area contributed by atoms with E-state index >= 15 is 0 Å². The van der Waals surface area contributed by atoms with Gasteiger partial charge in [-0.1, -0.05) is 52.3 Å². The van der Waals surface area contributed by atoms with Gasteiger partial charge in [-0.2, -0.15) is 0 Å². The number of nitrogens with zero attached hydrogens (tertiary/aromatic N) is 3.